The van der Waals surface area contributed by atoms with Crippen molar-refractivity contribution in [2.24, 2.45) is 10.7 Å². The smallest absolute Gasteiger partial charge is 0.277 e. The van der Waals surface area contributed by atoms with Gasteiger partial charge in [0.05, 0.1) is 12.8 Å². The van der Waals surface area contributed by atoms with Crippen LogP contribution in [0.15, 0.2) is 64.8 Å². The number of piperidine rings is 1. The van der Waals surface area contributed by atoms with E-state index in [1.807, 2.05) is 6.07 Å². The third-order valence-corrected chi connectivity index (χ3v) is 4.98. The normalized spacial score (nSPS) is 16.6. The summed E-state index contributed by atoms with van der Waals surface area (Å²) in [5.41, 5.74) is 8.48. The molecule has 0 saturated carbocycles. The van der Waals surface area contributed by atoms with Crippen LogP contribution in [0.4, 0.5) is 11.4 Å². The van der Waals surface area contributed by atoms with Crippen LogP contribution in [0.2, 0.25) is 0 Å². The molecule has 158 valence electrons. The summed E-state index contributed by atoms with van der Waals surface area (Å²) >= 11 is 0. The molecule has 1 fully saturated rings. The minimum absolute atomic E-state index is 0.00459. The number of carbonyl (C=O) groups is 1. The van der Waals surface area contributed by atoms with Crippen molar-refractivity contribution in [1.82, 2.24) is 4.90 Å². The molecule has 0 aliphatic carbocycles. The number of nitrogens with two attached hydrogens (primary N) is 1. The van der Waals surface area contributed by atoms with Crippen molar-refractivity contribution in [2.45, 2.75) is 6.42 Å². The summed E-state index contributed by atoms with van der Waals surface area (Å²) in [7, 11) is 5.18. The Morgan fingerprint density at radius 3 is 2.39 bits per heavy atom. The topological polar surface area (TPSA) is 119 Å². The summed E-state index contributed by atoms with van der Waals surface area (Å²) in [6.45, 7) is 0.378. The summed E-state index contributed by atoms with van der Waals surface area (Å²) in [6, 6.07) is 16.1. The van der Waals surface area contributed by atoms with Gasteiger partial charge in [0.2, 0.25) is 0 Å². The lowest BCUT2D eigenvalue weighted by Gasteiger charge is -2.30. The predicted octanol–water partition coefficient (Wildman–Crippen LogP) is 2.83. The van der Waals surface area contributed by atoms with E-state index in [0.717, 1.165) is 5.56 Å². The van der Waals surface area contributed by atoms with Gasteiger partial charge in [0.1, 0.15) is 29.1 Å². The maximum atomic E-state index is 13.3. The van der Waals surface area contributed by atoms with E-state index in [4.69, 9.17) is 15.9 Å². The number of aliphatic imine (C=N–C) groups is 1. The Morgan fingerprint density at radius 2 is 1.84 bits per heavy atom. The Hall–Kier alpha value is -4.12. The molecule has 3 rings (SSSR count). The number of nitrogens with zero attached hydrogens (tertiary/aromatic N) is 4. The number of hydrogen-bond acceptors (Lipinski definition) is 6. The van der Waals surface area contributed by atoms with Gasteiger partial charge in [0.15, 0.2) is 0 Å². The van der Waals surface area contributed by atoms with Crippen LogP contribution in [0, 0.1) is 16.7 Å². The van der Waals surface area contributed by atoms with Crippen LogP contribution in [0.5, 0.6) is 5.75 Å². The number of anilines is 1. The Morgan fingerprint density at radius 1 is 1.19 bits per heavy atom. The van der Waals surface area contributed by atoms with Gasteiger partial charge in [-0.25, -0.2) is 4.99 Å². The fraction of sp³-hybridized carbons (Fsp3) is 0.217. The molecule has 31 heavy (non-hydrogen) atoms. The molecule has 1 amide bonds. The Bertz CT molecular complexity index is 1090. The average molecular weight is 416 g/mol. The fourth-order valence-corrected chi connectivity index (χ4v) is 3.24. The molecule has 8 nitrogen and oxygen atoms in total. The minimum atomic E-state index is -0.328. The van der Waals surface area contributed by atoms with Crippen LogP contribution in [-0.2, 0) is 4.79 Å². The molecule has 3 N–H and O–H groups in total. The third kappa shape index (κ3) is 4.56. The molecular formula is C23H24N6O2. The van der Waals surface area contributed by atoms with Crippen molar-refractivity contribution < 1.29 is 9.53 Å². The zero-order valence-corrected chi connectivity index (χ0v) is 17.7. The molecule has 1 aliphatic rings. The first kappa shape index (κ1) is 21.6. The van der Waals surface area contributed by atoms with Gasteiger partial charge < -0.3 is 20.3 Å². The maximum absolute atomic E-state index is 13.3. The van der Waals surface area contributed by atoms with Crippen molar-refractivity contribution >= 4 is 28.8 Å². The number of ether oxygens (including phenoxy) is 1. The van der Waals surface area contributed by atoms with Crippen LogP contribution in [-0.4, -0.2) is 50.1 Å². The highest BCUT2D eigenvalue weighted by Crippen LogP contribution is 2.27. The third-order valence-electron chi connectivity index (χ3n) is 4.98. The molecule has 0 unspecified atom stereocenters. The van der Waals surface area contributed by atoms with Gasteiger partial charge in [-0.2, -0.15) is 5.26 Å². The van der Waals surface area contributed by atoms with Gasteiger partial charge in [-0.15, -0.1) is 0 Å². The first-order valence-electron chi connectivity index (χ1n) is 9.65. The number of benzene rings is 2. The Balaban J connectivity index is 1.97. The lowest BCUT2D eigenvalue weighted by molar-refractivity contribution is -0.112. The van der Waals surface area contributed by atoms with Crippen molar-refractivity contribution in [3.05, 3.63) is 65.4 Å². The van der Waals surface area contributed by atoms with Gasteiger partial charge in [-0.1, -0.05) is 0 Å². The molecule has 2 aromatic rings. The predicted molar refractivity (Wildman–Crippen MR) is 121 cm³/mol. The largest absolute Gasteiger partial charge is 0.497 e. The van der Waals surface area contributed by atoms with E-state index in [0.29, 0.717) is 41.5 Å². The van der Waals surface area contributed by atoms with Gasteiger partial charge in [0, 0.05) is 37.5 Å². The van der Waals surface area contributed by atoms with Gasteiger partial charge >= 0.3 is 0 Å². The molecular weight excluding hydrogens is 392 g/mol. The molecule has 1 saturated heterocycles. The highest BCUT2D eigenvalue weighted by atomic mass is 16.5. The van der Waals surface area contributed by atoms with E-state index >= 15 is 0 Å². The minimum Gasteiger partial charge on any atom is -0.497 e. The van der Waals surface area contributed by atoms with E-state index < -0.39 is 0 Å². The molecule has 8 heteroatoms. The summed E-state index contributed by atoms with van der Waals surface area (Å²) in [5, 5.41) is 17.4. The number of hydrogen-bond donors (Lipinski definition) is 2. The number of methoxy groups -OCH3 is 1. The van der Waals surface area contributed by atoms with Crippen LogP contribution in [0.25, 0.3) is 0 Å². The fourth-order valence-electron chi connectivity index (χ4n) is 3.24. The summed E-state index contributed by atoms with van der Waals surface area (Å²) < 4.78 is 5.16. The maximum Gasteiger partial charge on any atom is 0.277 e. The van der Waals surface area contributed by atoms with Crippen LogP contribution in [0.1, 0.15) is 12.0 Å². The number of nitrogens with one attached hydrogen (secondary N) is 1. The molecule has 0 bridgehead atoms. The molecule has 1 aliphatic heterocycles. The molecule has 0 atom stereocenters. The van der Waals surface area contributed by atoms with E-state index in [2.05, 4.69) is 4.99 Å². The second-order valence-electron chi connectivity index (χ2n) is 7.16. The monoisotopic (exact) mass is 416 g/mol. The number of nitriles is 1. The second-order valence-corrected chi connectivity index (χ2v) is 7.16. The number of carbonyl (C=O) groups excluding carboxylic acids is 1. The van der Waals surface area contributed by atoms with E-state index in [1.165, 1.54) is 0 Å². The Labute approximate surface area is 181 Å². The number of amides is 1. The number of allylic oxidation sites excluding steroid dienone is 1. The standard InChI is InChI=1S/C23H24N6O2/c1-28(2)22(26)15-4-8-17(9-5-15)29-13-12-19(20(25)14-24)21(23(29)30)27-16-6-10-18(31-3)11-7-16/h4-11,26H,12-13,25H2,1-3H3. The van der Waals surface area contributed by atoms with Crippen molar-refractivity contribution in [3.8, 4) is 11.8 Å². The SMILES string of the molecule is COc1ccc(N=C2C(=O)N(c3ccc(C(=N)N(C)C)cc3)CCC2=C(N)C#N)cc1. The zero-order chi connectivity index (χ0) is 22.5. The zero-order valence-electron chi connectivity index (χ0n) is 17.7. The van der Waals surface area contributed by atoms with Crippen LogP contribution in [0.3, 0.4) is 0 Å². The number of rotatable bonds is 4. The highest BCUT2D eigenvalue weighted by molar-refractivity contribution is 6.50. The molecule has 0 aromatic heterocycles. The van der Waals surface area contributed by atoms with Gasteiger partial charge in [-0.05, 0) is 55.0 Å². The first-order chi connectivity index (χ1) is 14.8. The van der Waals surface area contributed by atoms with E-state index in [9.17, 15) is 10.1 Å². The Kier molecular flexibility index (Phi) is 6.36. The summed E-state index contributed by atoms with van der Waals surface area (Å²) in [6.07, 6.45) is 0.412. The lowest BCUT2D eigenvalue weighted by Crippen LogP contribution is -2.43. The van der Waals surface area contributed by atoms with Crippen molar-refractivity contribution in [2.75, 3.05) is 32.6 Å². The van der Waals surface area contributed by atoms with E-state index in [-0.39, 0.29) is 17.3 Å². The van der Waals surface area contributed by atoms with Gasteiger partial charge in [0.25, 0.3) is 5.91 Å². The molecule has 2 aromatic carbocycles. The molecule has 1 heterocycles. The molecule has 0 radical (unpaired) electrons. The number of amidine groups is 1. The quantitative estimate of drug-likeness (QED) is 0.451. The van der Waals surface area contributed by atoms with Crippen LogP contribution < -0.4 is 15.4 Å². The summed E-state index contributed by atoms with van der Waals surface area (Å²) in [4.78, 5) is 21.2. The highest BCUT2D eigenvalue weighted by Gasteiger charge is 2.31. The molecule has 0 spiro atoms. The van der Waals surface area contributed by atoms with Crippen molar-refractivity contribution in [3.63, 3.8) is 0 Å². The van der Waals surface area contributed by atoms with E-state index in [1.54, 1.807) is 79.5 Å². The van der Waals surface area contributed by atoms with Crippen LogP contribution >= 0.6 is 0 Å². The summed E-state index contributed by atoms with van der Waals surface area (Å²) in [5.74, 6) is 0.729. The average Bonchev–Trinajstić information content (AvgIpc) is 2.80. The lowest BCUT2D eigenvalue weighted by atomic mass is 9.97. The second kappa shape index (κ2) is 9.13. The van der Waals surface area contributed by atoms with Gasteiger partial charge in [-0.3, -0.25) is 10.2 Å². The van der Waals surface area contributed by atoms with Crippen molar-refractivity contribution in [1.29, 1.82) is 10.7 Å². The first-order valence-corrected chi connectivity index (χ1v) is 9.65.